The lowest BCUT2D eigenvalue weighted by atomic mass is 10.1. The van der Waals surface area contributed by atoms with Crippen LogP contribution in [-0.4, -0.2) is 23.7 Å². The van der Waals surface area contributed by atoms with Crippen LogP contribution in [0.15, 0.2) is 18.2 Å². The third-order valence-corrected chi connectivity index (χ3v) is 3.67. The Morgan fingerprint density at radius 3 is 2.84 bits per heavy atom. The van der Waals surface area contributed by atoms with Gasteiger partial charge in [0, 0.05) is 13.0 Å². The lowest BCUT2D eigenvalue weighted by Gasteiger charge is -2.11. The summed E-state index contributed by atoms with van der Waals surface area (Å²) < 4.78 is 0. The number of amides is 1. The number of carbonyl (C=O) groups excluding carboxylic acids is 1. The molecule has 1 rings (SSSR count). The first-order chi connectivity index (χ1) is 9.04. The summed E-state index contributed by atoms with van der Waals surface area (Å²) >= 11 is 11.9. The topological polar surface area (TPSA) is 49.3 Å². The van der Waals surface area contributed by atoms with E-state index in [-0.39, 0.29) is 5.91 Å². The molecule has 1 aromatic rings. The predicted molar refractivity (Wildman–Crippen MR) is 78.7 cm³/mol. The van der Waals surface area contributed by atoms with Gasteiger partial charge in [-0.25, -0.2) is 0 Å². The molecule has 0 bridgehead atoms. The van der Waals surface area contributed by atoms with Crippen molar-refractivity contribution < 1.29 is 9.90 Å². The first-order valence-corrected chi connectivity index (χ1v) is 7.17. The maximum Gasteiger partial charge on any atom is 0.220 e. The van der Waals surface area contributed by atoms with Crippen LogP contribution in [0, 0.1) is 0 Å². The van der Waals surface area contributed by atoms with Crippen molar-refractivity contribution in [2.75, 3.05) is 6.54 Å². The first-order valence-electron chi connectivity index (χ1n) is 6.42. The minimum Gasteiger partial charge on any atom is -0.391 e. The molecule has 0 heterocycles. The van der Waals surface area contributed by atoms with Crippen molar-refractivity contribution in [3.63, 3.8) is 0 Å². The van der Waals surface area contributed by atoms with Crippen LogP contribution in [-0.2, 0) is 11.2 Å². The van der Waals surface area contributed by atoms with Gasteiger partial charge >= 0.3 is 0 Å². The van der Waals surface area contributed by atoms with Crippen LogP contribution in [0.2, 0.25) is 10.0 Å². The molecule has 1 atom stereocenters. The van der Waals surface area contributed by atoms with E-state index in [1.165, 1.54) is 0 Å². The summed E-state index contributed by atoms with van der Waals surface area (Å²) in [5.74, 6) is -0.0915. The number of aliphatic hydroxyl groups is 1. The highest BCUT2D eigenvalue weighted by Crippen LogP contribution is 2.26. The average Bonchev–Trinajstić information content (AvgIpc) is 2.38. The van der Waals surface area contributed by atoms with Gasteiger partial charge in [-0.15, -0.1) is 0 Å². The van der Waals surface area contributed by atoms with Crippen molar-refractivity contribution in [1.29, 1.82) is 0 Å². The molecule has 5 heteroatoms. The van der Waals surface area contributed by atoms with Crippen LogP contribution in [0.3, 0.4) is 0 Å². The summed E-state index contributed by atoms with van der Waals surface area (Å²) in [5, 5.41) is 13.2. The van der Waals surface area contributed by atoms with Crippen LogP contribution in [0.25, 0.3) is 0 Å². The number of halogens is 2. The molecular weight excluding hydrogens is 285 g/mol. The van der Waals surface area contributed by atoms with E-state index in [4.69, 9.17) is 23.2 Å². The second kappa shape index (κ2) is 8.41. The Labute approximate surface area is 123 Å². The normalized spacial score (nSPS) is 12.2. The zero-order valence-electron chi connectivity index (χ0n) is 11.0. The number of aryl methyl sites for hydroxylation is 1. The van der Waals surface area contributed by atoms with Crippen molar-refractivity contribution in [2.45, 2.75) is 38.7 Å². The molecular formula is C14H19Cl2NO2. The summed E-state index contributed by atoms with van der Waals surface area (Å²) in [6.07, 6.45) is 1.99. The summed E-state index contributed by atoms with van der Waals surface area (Å²) in [4.78, 5) is 11.6. The van der Waals surface area contributed by atoms with E-state index in [1.54, 1.807) is 6.07 Å². The molecule has 0 saturated carbocycles. The van der Waals surface area contributed by atoms with Crippen molar-refractivity contribution >= 4 is 29.1 Å². The number of carbonyl (C=O) groups is 1. The van der Waals surface area contributed by atoms with Gasteiger partial charge in [-0.1, -0.05) is 48.7 Å². The fourth-order valence-corrected chi connectivity index (χ4v) is 2.16. The molecule has 1 amide bonds. The Kier molecular flexibility index (Phi) is 7.21. The number of aliphatic hydroxyl groups excluding tert-OH is 1. The summed E-state index contributed by atoms with van der Waals surface area (Å²) in [5.41, 5.74) is 0.860. The zero-order chi connectivity index (χ0) is 14.3. The Bertz CT molecular complexity index is 424. The molecule has 0 spiro atoms. The molecule has 0 aliphatic carbocycles. The van der Waals surface area contributed by atoms with Gasteiger partial charge in [0.25, 0.3) is 0 Å². The van der Waals surface area contributed by atoms with Crippen LogP contribution >= 0.6 is 23.2 Å². The van der Waals surface area contributed by atoms with E-state index in [0.29, 0.717) is 35.9 Å². The van der Waals surface area contributed by atoms with Gasteiger partial charge < -0.3 is 10.4 Å². The molecule has 0 aliphatic rings. The molecule has 1 unspecified atom stereocenters. The lowest BCUT2D eigenvalue weighted by Crippen LogP contribution is -2.32. The van der Waals surface area contributed by atoms with Crippen molar-refractivity contribution in [3.8, 4) is 0 Å². The highest BCUT2D eigenvalue weighted by molar-refractivity contribution is 6.42. The minimum absolute atomic E-state index is 0.0915. The third-order valence-electron chi connectivity index (χ3n) is 2.81. The van der Waals surface area contributed by atoms with E-state index in [9.17, 15) is 9.90 Å². The van der Waals surface area contributed by atoms with E-state index in [0.717, 1.165) is 12.0 Å². The van der Waals surface area contributed by atoms with Crippen molar-refractivity contribution in [1.82, 2.24) is 5.32 Å². The number of hydrogen-bond acceptors (Lipinski definition) is 2. The fraction of sp³-hybridized carbons (Fsp3) is 0.500. The van der Waals surface area contributed by atoms with Gasteiger partial charge in [0.1, 0.15) is 0 Å². The van der Waals surface area contributed by atoms with E-state index >= 15 is 0 Å². The maximum atomic E-state index is 11.6. The Balaban J connectivity index is 2.36. The second-order valence-electron chi connectivity index (χ2n) is 4.46. The number of rotatable bonds is 7. The molecule has 1 aromatic carbocycles. The van der Waals surface area contributed by atoms with Crippen molar-refractivity contribution in [2.24, 2.45) is 0 Å². The highest BCUT2D eigenvalue weighted by Gasteiger charge is 2.09. The first kappa shape index (κ1) is 16.3. The van der Waals surface area contributed by atoms with Crippen LogP contribution < -0.4 is 5.32 Å². The molecule has 0 aliphatic heterocycles. The summed E-state index contributed by atoms with van der Waals surface area (Å²) in [7, 11) is 0. The van der Waals surface area contributed by atoms with Gasteiger partial charge in [-0.2, -0.15) is 0 Å². The molecule has 0 radical (unpaired) electrons. The molecule has 3 nitrogen and oxygen atoms in total. The Morgan fingerprint density at radius 2 is 2.16 bits per heavy atom. The molecule has 19 heavy (non-hydrogen) atoms. The summed E-state index contributed by atoms with van der Waals surface area (Å²) in [6, 6.07) is 5.38. The molecule has 0 aromatic heterocycles. The average molecular weight is 304 g/mol. The maximum absolute atomic E-state index is 11.6. The Morgan fingerprint density at radius 1 is 1.42 bits per heavy atom. The van der Waals surface area contributed by atoms with Crippen molar-refractivity contribution in [3.05, 3.63) is 33.8 Å². The second-order valence-corrected chi connectivity index (χ2v) is 5.24. The van der Waals surface area contributed by atoms with Crippen LogP contribution in [0.1, 0.15) is 31.7 Å². The fourth-order valence-electron chi connectivity index (χ4n) is 1.75. The van der Waals surface area contributed by atoms with E-state index in [1.807, 2.05) is 19.1 Å². The number of nitrogens with one attached hydrogen (secondary N) is 1. The molecule has 106 valence electrons. The molecule has 2 N–H and O–H groups in total. The predicted octanol–water partition coefficient (Wildman–Crippen LogP) is 3.20. The van der Waals surface area contributed by atoms with Crippen LogP contribution in [0.4, 0.5) is 0 Å². The standard InChI is InChI=1S/C14H19Cl2NO2/c1-2-4-11(18)9-17-13(19)8-7-10-5-3-6-12(15)14(10)16/h3,5-6,11,18H,2,4,7-9H2,1H3,(H,17,19). The molecule has 0 saturated heterocycles. The largest absolute Gasteiger partial charge is 0.391 e. The van der Waals surface area contributed by atoms with Gasteiger partial charge in [0.15, 0.2) is 0 Å². The quantitative estimate of drug-likeness (QED) is 0.812. The highest BCUT2D eigenvalue weighted by atomic mass is 35.5. The monoisotopic (exact) mass is 303 g/mol. The van der Waals surface area contributed by atoms with Gasteiger partial charge in [-0.05, 0) is 24.5 Å². The minimum atomic E-state index is -0.469. The smallest absolute Gasteiger partial charge is 0.220 e. The van der Waals surface area contributed by atoms with Gasteiger partial charge in [0.05, 0.1) is 16.1 Å². The SMILES string of the molecule is CCCC(O)CNC(=O)CCc1cccc(Cl)c1Cl. The van der Waals surface area contributed by atoms with Crippen LogP contribution in [0.5, 0.6) is 0 Å². The zero-order valence-corrected chi connectivity index (χ0v) is 12.5. The Hall–Kier alpha value is -0.770. The van der Waals surface area contributed by atoms with E-state index in [2.05, 4.69) is 5.32 Å². The van der Waals surface area contributed by atoms with Gasteiger partial charge in [0.2, 0.25) is 5.91 Å². The molecule has 0 fully saturated rings. The number of benzene rings is 1. The lowest BCUT2D eigenvalue weighted by molar-refractivity contribution is -0.121. The van der Waals surface area contributed by atoms with Gasteiger partial charge in [-0.3, -0.25) is 4.79 Å². The third kappa shape index (κ3) is 5.81. The number of hydrogen-bond donors (Lipinski definition) is 2. The van der Waals surface area contributed by atoms with E-state index < -0.39 is 6.10 Å². The summed E-state index contributed by atoms with van der Waals surface area (Å²) in [6.45, 7) is 2.29.